The largest absolute Gasteiger partial charge is 0.481 e. The van der Waals surface area contributed by atoms with Crippen LogP contribution in [0.5, 0.6) is 0 Å². The maximum absolute atomic E-state index is 11.0. The van der Waals surface area contributed by atoms with Crippen LogP contribution in [0.2, 0.25) is 0 Å². The predicted octanol–water partition coefficient (Wildman–Crippen LogP) is 2.77. The molecule has 1 rings (SSSR count). The number of carboxylic acid groups (broad SMARTS) is 1. The van der Waals surface area contributed by atoms with Crippen LogP contribution in [-0.4, -0.2) is 22.6 Å². The summed E-state index contributed by atoms with van der Waals surface area (Å²) >= 11 is 1.90. The van der Waals surface area contributed by atoms with E-state index in [9.17, 15) is 4.79 Å². The molecule has 1 N–H and O–H groups in total. The van der Waals surface area contributed by atoms with Crippen molar-refractivity contribution in [2.45, 2.75) is 39.0 Å². The molecule has 0 unspecified atom stereocenters. The van der Waals surface area contributed by atoms with Crippen molar-refractivity contribution in [1.29, 1.82) is 0 Å². The molecule has 0 radical (unpaired) electrons. The SMILES string of the molecule is CCSCCCC1(C(=O)O)CCC1. The molecule has 0 aromatic carbocycles. The van der Waals surface area contributed by atoms with Gasteiger partial charge in [-0.25, -0.2) is 0 Å². The maximum Gasteiger partial charge on any atom is 0.309 e. The van der Waals surface area contributed by atoms with E-state index >= 15 is 0 Å². The van der Waals surface area contributed by atoms with Crippen molar-refractivity contribution in [2.75, 3.05) is 11.5 Å². The Bertz CT molecular complexity index is 176. The van der Waals surface area contributed by atoms with Crippen molar-refractivity contribution in [3.8, 4) is 0 Å². The number of hydrogen-bond donors (Lipinski definition) is 1. The average Bonchev–Trinajstić information content (AvgIpc) is 2.01. The fraction of sp³-hybridized carbons (Fsp3) is 0.900. The van der Waals surface area contributed by atoms with E-state index in [1.165, 1.54) is 0 Å². The lowest BCUT2D eigenvalue weighted by atomic mass is 9.66. The second-order valence-electron chi connectivity index (χ2n) is 3.74. The molecule has 0 aliphatic heterocycles. The fourth-order valence-electron chi connectivity index (χ4n) is 1.83. The van der Waals surface area contributed by atoms with Crippen LogP contribution in [0.1, 0.15) is 39.0 Å². The molecular formula is C10H18O2S. The molecule has 1 saturated carbocycles. The molecule has 1 aliphatic carbocycles. The monoisotopic (exact) mass is 202 g/mol. The third kappa shape index (κ3) is 2.63. The average molecular weight is 202 g/mol. The van der Waals surface area contributed by atoms with Gasteiger partial charge in [-0.1, -0.05) is 13.3 Å². The molecule has 1 fully saturated rings. The van der Waals surface area contributed by atoms with Crippen molar-refractivity contribution in [3.05, 3.63) is 0 Å². The van der Waals surface area contributed by atoms with Gasteiger partial charge in [0.25, 0.3) is 0 Å². The highest BCUT2D eigenvalue weighted by atomic mass is 32.2. The summed E-state index contributed by atoms with van der Waals surface area (Å²) in [5, 5.41) is 9.03. The number of carbonyl (C=O) groups is 1. The first-order valence-corrected chi connectivity index (χ1v) is 6.18. The molecule has 0 heterocycles. The standard InChI is InChI=1S/C10H18O2S/c1-2-13-8-4-7-10(9(11)12)5-3-6-10/h2-8H2,1H3,(H,11,12). The lowest BCUT2D eigenvalue weighted by molar-refractivity contribution is -0.155. The summed E-state index contributed by atoms with van der Waals surface area (Å²) in [6.07, 6.45) is 4.85. The highest BCUT2D eigenvalue weighted by Gasteiger charge is 2.43. The van der Waals surface area contributed by atoms with E-state index in [2.05, 4.69) is 6.92 Å². The zero-order valence-electron chi connectivity index (χ0n) is 8.21. The first-order valence-electron chi connectivity index (χ1n) is 5.02. The molecule has 0 saturated heterocycles. The third-order valence-electron chi connectivity index (χ3n) is 2.91. The van der Waals surface area contributed by atoms with Crippen LogP contribution in [0.3, 0.4) is 0 Å². The van der Waals surface area contributed by atoms with Crippen molar-refractivity contribution in [1.82, 2.24) is 0 Å². The smallest absolute Gasteiger partial charge is 0.309 e. The van der Waals surface area contributed by atoms with Gasteiger partial charge in [0.15, 0.2) is 0 Å². The van der Waals surface area contributed by atoms with E-state index in [1.54, 1.807) is 0 Å². The normalized spacial score (nSPS) is 19.5. The topological polar surface area (TPSA) is 37.3 Å². The Morgan fingerprint density at radius 2 is 2.23 bits per heavy atom. The van der Waals surface area contributed by atoms with Crippen LogP contribution in [0.25, 0.3) is 0 Å². The molecule has 0 aromatic rings. The van der Waals surface area contributed by atoms with E-state index in [-0.39, 0.29) is 5.41 Å². The quantitative estimate of drug-likeness (QED) is 0.673. The number of aliphatic carboxylic acids is 1. The molecule has 0 amide bonds. The van der Waals surface area contributed by atoms with Crippen LogP contribution < -0.4 is 0 Å². The zero-order chi connectivity index (χ0) is 9.73. The van der Waals surface area contributed by atoms with Crippen LogP contribution >= 0.6 is 11.8 Å². The summed E-state index contributed by atoms with van der Waals surface area (Å²) in [4.78, 5) is 11.0. The first kappa shape index (κ1) is 10.9. The molecule has 0 bridgehead atoms. The van der Waals surface area contributed by atoms with E-state index < -0.39 is 5.97 Å². The minimum Gasteiger partial charge on any atom is -0.481 e. The van der Waals surface area contributed by atoms with Crippen molar-refractivity contribution in [3.63, 3.8) is 0 Å². The Morgan fingerprint density at radius 1 is 1.54 bits per heavy atom. The van der Waals surface area contributed by atoms with Crippen molar-refractivity contribution in [2.24, 2.45) is 5.41 Å². The zero-order valence-corrected chi connectivity index (χ0v) is 9.03. The summed E-state index contributed by atoms with van der Waals surface area (Å²) in [5.41, 5.74) is -0.325. The minimum absolute atomic E-state index is 0.325. The Balaban J connectivity index is 2.21. The summed E-state index contributed by atoms with van der Waals surface area (Å²) in [6, 6.07) is 0. The molecular weight excluding hydrogens is 184 g/mol. The predicted molar refractivity (Wildman–Crippen MR) is 56.2 cm³/mol. The maximum atomic E-state index is 11.0. The highest BCUT2D eigenvalue weighted by molar-refractivity contribution is 7.99. The van der Waals surface area contributed by atoms with Crippen molar-refractivity contribution < 1.29 is 9.90 Å². The highest BCUT2D eigenvalue weighted by Crippen LogP contribution is 2.45. The number of rotatable bonds is 6. The van der Waals surface area contributed by atoms with Crippen molar-refractivity contribution >= 4 is 17.7 Å². The Morgan fingerprint density at radius 3 is 2.62 bits per heavy atom. The van der Waals surface area contributed by atoms with Crippen LogP contribution in [-0.2, 0) is 4.79 Å². The van der Waals surface area contributed by atoms with E-state index in [1.807, 2.05) is 11.8 Å². The number of thioether (sulfide) groups is 1. The fourth-order valence-corrected chi connectivity index (χ4v) is 2.47. The van der Waals surface area contributed by atoms with E-state index in [4.69, 9.17) is 5.11 Å². The van der Waals surface area contributed by atoms with Gasteiger partial charge >= 0.3 is 5.97 Å². The molecule has 2 nitrogen and oxygen atoms in total. The molecule has 0 aromatic heterocycles. The van der Waals surface area contributed by atoms with Gasteiger partial charge < -0.3 is 5.11 Å². The minimum atomic E-state index is -0.569. The molecule has 0 spiro atoms. The number of hydrogen-bond acceptors (Lipinski definition) is 2. The van der Waals surface area contributed by atoms with E-state index in [0.717, 1.165) is 43.6 Å². The summed E-state index contributed by atoms with van der Waals surface area (Å²) in [7, 11) is 0. The van der Waals surface area contributed by atoms with Gasteiger partial charge in [0.05, 0.1) is 5.41 Å². The van der Waals surface area contributed by atoms with E-state index in [0.29, 0.717) is 0 Å². The van der Waals surface area contributed by atoms with Gasteiger partial charge in [-0.3, -0.25) is 4.79 Å². The Labute approximate surface area is 84.1 Å². The third-order valence-corrected chi connectivity index (χ3v) is 3.90. The molecule has 0 atom stereocenters. The summed E-state index contributed by atoms with van der Waals surface area (Å²) < 4.78 is 0. The van der Waals surface area contributed by atoms with Gasteiger partial charge in [-0.05, 0) is 37.2 Å². The van der Waals surface area contributed by atoms with Gasteiger partial charge in [0, 0.05) is 0 Å². The van der Waals surface area contributed by atoms with Gasteiger partial charge in [-0.2, -0.15) is 11.8 Å². The van der Waals surface area contributed by atoms with Crippen LogP contribution in [0.4, 0.5) is 0 Å². The first-order chi connectivity index (χ1) is 6.21. The van der Waals surface area contributed by atoms with Gasteiger partial charge in [-0.15, -0.1) is 0 Å². The Kier molecular flexibility index (Phi) is 4.10. The second kappa shape index (κ2) is 4.89. The molecule has 1 aliphatic rings. The lowest BCUT2D eigenvalue weighted by Crippen LogP contribution is -2.37. The molecule has 13 heavy (non-hydrogen) atoms. The number of carboxylic acids is 1. The van der Waals surface area contributed by atoms with Gasteiger partial charge in [0.1, 0.15) is 0 Å². The second-order valence-corrected chi connectivity index (χ2v) is 5.13. The summed E-state index contributed by atoms with van der Waals surface area (Å²) in [5.74, 6) is 1.69. The molecule has 76 valence electrons. The summed E-state index contributed by atoms with van der Waals surface area (Å²) in [6.45, 7) is 2.14. The van der Waals surface area contributed by atoms with Gasteiger partial charge in [0.2, 0.25) is 0 Å². The van der Waals surface area contributed by atoms with Crippen LogP contribution in [0, 0.1) is 5.41 Å². The van der Waals surface area contributed by atoms with Crippen LogP contribution in [0.15, 0.2) is 0 Å². The lowest BCUT2D eigenvalue weighted by Gasteiger charge is -2.37. The molecule has 3 heteroatoms. The Hall–Kier alpha value is -0.180.